The van der Waals surface area contributed by atoms with Gasteiger partial charge >= 0.3 is 0 Å². The molecule has 0 heterocycles. The fourth-order valence-electron chi connectivity index (χ4n) is 1.94. The largest absolute Gasteiger partial charge is 0.493 e. The van der Waals surface area contributed by atoms with E-state index in [1.807, 2.05) is 25.1 Å². The third kappa shape index (κ3) is 4.27. The number of nitriles is 1. The molecule has 0 amide bonds. The van der Waals surface area contributed by atoms with Gasteiger partial charge in [0.05, 0.1) is 18.2 Å². The summed E-state index contributed by atoms with van der Waals surface area (Å²) in [4.78, 5) is 0. The molecule has 0 radical (unpaired) electrons. The maximum absolute atomic E-state index is 9.42. The molecule has 0 spiro atoms. The summed E-state index contributed by atoms with van der Waals surface area (Å²) >= 11 is 11.9. The van der Waals surface area contributed by atoms with Crippen molar-refractivity contribution in [1.29, 1.82) is 5.26 Å². The van der Waals surface area contributed by atoms with Gasteiger partial charge in [-0.15, -0.1) is 0 Å². The predicted molar refractivity (Wildman–Crippen MR) is 92.2 cm³/mol. The highest BCUT2D eigenvalue weighted by molar-refractivity contribution is 6.31. The number of nitrogens with zero attached hydrogens (tertiary/aromatic N) is 1. The molecule has 0 saturated carbocycles. The minimum atomic E-state index is 0.528. The van der Waals surface area contributed by atoms with Crippen LogP contribution >= 0.6 is 23.2 Å². The summed E-state index contributed by atoms with van der Waals surface area (Å²) in [6, 6.07) is 14.7. The molecule has 0 fully saturated rings. The Bertz CT molecular complexity index is 715. The summed E-state index contributed by atoms with van der Waals surface area (Å²) in [5, 5.41) is 10.7. The van der Waals surface area contributed by atoms with Crippen molar-refractivity contribution in [2.75, 3.05) is 6.61 Å². The number of hydrogen-bond donors (Lipinski definition) is 0. The Balaban J connectivity index is 2.42. The van der Waals surface area contributed by atoms with E-state index in [1.165, 1.54) is 0 Å². The Morgan fingerprint density at radius 3 is 2.45 bits per heavy atom. The van der Waals surface area contributed by atoms with Gasteiger partial charge in [0, 0.05) is 15.6 Å². The number of benzene rings is 2. The van der Waals surface area contributed by atoms with Gasteiger partial charge in [0.2, 0.25) is 0 Å². The highest BCUT2D eigenvalue weighted by atomic mass is 35.5. The maximum Gasteiger partial charge on any atom is 0.126 e. The highest BCUT2D eigenvalue weighted by Crippen LogP contribution is 2.28. The number of hydrogen-bond acceptors (Lipinski definition) is 2. The molecule has 0 atom stereocenters. The van der Waals surface area contributed by atoms with E-state index in [0.717, 1.165) is 17.5 Å². The first-order valence-corrected chi connectivity index (χ1v) is 7.69. The van der Waals surface area contributed by atoms with Crippen LogP contribution in [-0.2, 0) is 0 Å². The van der Waals surface area contributed by atoms with Crippen LogP contribution in [0.1, 0.15) is 24.5 Å². The molecule has 2 rings (SSSR count). The van der Waals surface area contributed by atoms with E-state index < -0.39 is 0 Å². The highest BCUT2D eigenvalue weighted by Gasteiger charge is 2.06. The molecule has 4 heteroatoms. The monoisotopic (exact) mass is 331 g/mol. The van der Waals surface area contributed by atoms with E-state index in [-0.39, 0.29) is 0 Å². The maximum atomic E-state index is 9.42. The summed E-state index contributed by atoms with van der Waals surface area (Å²) < 4.78 is 5.71. The molecule has 0 saturated heterocycles. The number of ether oxygens (including phenoxy) is 1. The van der Waals surface area contributed by atoms with E-state index in [9.17, 15) is 5.26 Å². The van der Waals surface area contributed by atoms with Crippen LogP contribution in [0.5, 0.6) is 5.75 Å². The summed E-state index contributed by atoms with van der Waals surface area (Å²) in [5.41, 5.74) is 2.11. The lowest BCUT2D eigenvalue weighted by molar-refractivity contribution is 0.317. The predicted octanol–water partition coefficient (Wildman–Crippen LogP) is 5.85. The Kier molecular flexibility index (Phi) is 5.89. The Morgan fingerprint density at radius 2 is 1.82 bits per heavy atom. The Labute approximate surface area is 140 Å². The average molecular weight is 332 g/mol. The van der Waals surface area contributed by atoms with Crippen molar-refractivity contribution >= 4 is 34.9 Å². The third-order valence-electron chi connectivity index (χ3n) is 3.01. The van der Waals surface area contributed by atoms with E-state index >= 15 is 0 Å². The molecule has 0 unspecified atom stereocenters. The van der Waals surface area contributed by atoms with Crippen LogP contribution < -0.4 is 4.74 Å². The molecule has 22 heavy (non-hydrogen) atoms. The van der Waals surface area contributed by atoms with E-state index in [4.69, 9.17) is 27.9 Å². The quantitative estimate of drug-likeness (QED) is 0.508. The lowest BCUT2D eigenvalue weighted by Crippen LogP contribution is -1.97. The zero-order chi connectivity index (χ0) is 15.9. The van der Waals surface area contributed by atoms with E-state index in [1.54, 1.807) is 30.3 Å². The summed E-state index contributed by atoms with van der Waals surface area (Å²) in [5.74, 6) is 0.716. The van der Waals surface area contributed by atoms with Gasteiger partial charge in [-0.05, 0) is 48.4 Å². The van der Waals surface area contributed by atoms with Crippen LogP contribution in [0.15, 0.2) is 42.5 Å². The first-order valence-electron chi connectivity index (χ1n) is 6.94. The molecular formula is C18H15Cl2NO. The minimum Gasteiger partial charge on any atom is -0.493 e. The van der Waals surface area contributed by atoms with Crippen molar-refractivity contribution in [2.45, 2.75) is 13.3 Å². The molecule has 0 aliphatic heterocycles. The first-order chi connectivity index (χ1) is 10.6. The van der Waals surface area contributed by atoms with E-state index in [2.05, 4.69) is 6.07 Å². The summed E-state index contributed by atoms with van der Waals surface area (Å²) in [6.07, 6.45) is 2.69. The van der Waals surface area contributed by atoms with Crippen LogP contribution in [0.3, 0.4) is 0 Å². The molecule has 0 bridgehead atoms. The van der Waals surface area contributed by atoms with Gasteiger partial charge in [0.15, 0.2) is 0 Å². The molecule has 0 aliphatic rings. The molecule has 0 N–H and O–H groups in total. The molecule has 0 aromatic heterocycles. The third-order valence-corrected chi connectivity index (χ3v) is 3.50. The van der Waals surface area contributed by atoms with Crippen molar-refractivity contribution < 1.29 is 4.74 Å². The molecule has 2 aromatic carbocycles. The number of rotatable bonds is 5. The van der Waals surface area contributed by atoms with Crippen LogP contribution in [-0.4, -0.2) is 6.61 Å². The second kappa shape index (κ2) is 7.89. The van der Waals surface area contributed by atoms with Crippen molar-refractivity contribution in [3.63, 3.8) is 0 Å². The number of halogens is 2. The van der Waals surface area contributed by atoms with Gasteiger partial charge in [-0.25, -0.2) is 0 Å². The zero-order valence-electron chi connectivity index (χ0n) is 12.1. The standard InChI is InChI=1S/C18H15Cl2NO/c1-2-9-22-18-8-7-17(20)11-14(18)10-15(12-21)13-3-5-16(19)6-4-13/h3-8,10-11H,2,9H2,1H3/b15-10+. The summed E-state index contributed by atoms with van der Waals surface area (Å²) in [7, 11) is 0. The fourth-order valence-corrected chi connectivity index (χ4v) is 2.25. The zero-order valence-corrected chi connectivity index (χ0v) is 13.7. The van der Waals surface area contributed by atoms with Crippen molar-refractivity contribution in [2.24, 2.45) is 0 Å². The average Bonchev–Trinajstić information content (AvgIpc) is 2.53. The van der Waals surface area contributed by atoms with Gasteiger partial charge in [-0.1, -0.05) is 42.3 Å². The normalized spacial score (nSPS) is 11.1. The summed E-state index contributed by atoms with van der Waals surface area (Å²) in [6.45, 7) is 2.66. The molecular weight excluding hydrogens is 317 g/mol. The number of allylic oxidation sites excluding steroid dienone is 1. The minimum absolute atomic E-state index is 0.528. The lowest BCUT2D eigenvalue weighted by Gasteiger charge is -2.09. The molecule has 2 aromatic rings. The van der Waals surface area contributed by atoms with Gasteiger partial charge in [-0.2, -0.15) is 5.26 Å². The van der Waals surface area contributed by atoms with Gasteiger partial charge in [0.1, 0.15) is 5.75 Å². The fraction of sp³-hybridized carbons (Fsp3) is 0.167. The van der Waals surface area contributed by atoms with Gasteiger partial charge in [-0.3, -0.25) is 0 Å². The Morgan fingerprint density at radius 1 is 1.14 bits per heavy atom. The van der Waals surface area contributed by atoms with Gasteiger partial charge in [0.25, 0.3) is 0 Å². The molecule has 0 aliphatic carbocycles. The van der Waals surface area contributed by atoms with Crippen LogP contribution in [0.25, 0.3) is 11.6 Å². The van der Waals surface area contributed by atoms with Crippen molar-refractivity contribution in [1.82, 2.24) is 0 Å². The first kappa shape index (κ1) is 16.4. The second-order valence-corrected chi connectivity index (χ2v) is 5.58. The second-order valence-electron chi connectivity index (χ2n) is 4.71. The van der Waals surface area contributed by atoms with Crippen LogP contribution in [0, 0.1) is 11.3 Å². The molecule has 2 nitrogen and oxygen atoms in total. The Hall–Kier alpha value is -1.95. The topological polar surface area (TPSA) is 33.0 Å². The van der Waals surface area contributed by atoms with Crippen molar-refractivity contribution in [3.8, 4) is 11.8 Å². The van der Waals surface area contributed by atoms with Crippen LogP contribution in [0.2, 0.25) is 10.0 Å². The van der Waals surface area contributed by atoms with Crippen LogP contribution in [0.4, 0.5) is 0 Å². The smallest absolute Gasteiger partial charge is 0.126 e. The SMILES string of the molecule is CCCOc1ccc(Cl)cc1/C=C(\C#N)c1ccc(Cl)cc1. The van der Waals surface area contributed by atoms with E-state index in [0.29, 0.717) is 28.0 Å². The van der Waals surface area contributed by atoms with Crippen molar-refractivity contribution in [3.05, 3.63) is 63.6 Å². The lowest BCUT2D eigenvalue weighted by atomic mass is 10.0. The molecule has 112 valence electrons. The van der Waals surface area contributed by atoms with Gasteiger partial charge < -0.3 is 4.74 Å².